The molecule has 0 saturated carbocycles. The molecule has 1 fully saturated rings. The van der Waals surface area contributed by atoms with Crippen LogP contribution in [0.25, 0.3) is 0 Å². The van der Waals surface area contributed by atoms with Crippen molar-refractivity contribution in [1.29, 1.82) is 0 Å². The average Bonchev–Trinajstić information content (AvgIpc) is 2.76. The van der Waals surface area contributed by atoms with Gasteiger partial charge in [-0.25, -0.2) is 15.0 Å². The largest absolute Gasteiger partial charge is 0.418 e. The van der Waals surface area contributed by atoms with Crippen LogP contribution in [0.1, 0.15) is 40.4 Å². The van der Waals surface area contributed by atoms with Crippen LogP contribution in [-0.4, -0.2) is 51.9 Å². The molecule has 0 unspecified atom stereocenters. The van der Waals surface area contributed by atoms with Gasteiger partial charge in [0.2, 0.25) is 5.91 Å². The number of nitrogens with two attached hydrogens (primary N) is 1. The number of aryl methyl sites for hydroxylation is 1. The number of anilines is 2. The molecular formula is C22H25F3N6O. The van der Waals surface area contributed by atoms with Crippen molar-refractivity contribution >= 4 is 17.5 Å². The molecule has 0 aromatic carbocycles. The summed E-state index contributed by atoms with van der Waals surface area (Å²) in [6.45, 7) is 7.32. The van der Waals surface area contributed by atoms with E-state index in [0.29, 0.717) is 45.4 Å². The van der Waals surface area contributed by atoms with Crippen LogP contribution in [0.4, 0.5) is 24.8 Å². The predicted octanol–water partition coefficient (Wildman–Crippen LogP) is 2.89. The third-order valence-corrected chi connectivity index (χ3v) is 6.19. The monoisotopic (exact) mass is 446 g/mol. The predicted molar refractivity (Wildman–Crippen MR) is 114 cm³/mol. The Bertz CT molecular complexity index is 1050. The Morgan fingerprint density at radius 3 is 2.62 bits per heavy atom. The zero-order valence-corrected chi connectivity index (χ0v) is 17.8. The van der Waals surface area contributed by atoms with Crippen LogP contribution in [0.3, 0.4) is 0 Å². The van der Waals surface area contributed by atoms with Crippen LogP contribution < -0.4 is 10.6 Å². The highest BCUT2D eigenvalue weighted by molar-refractivity contribution is 5.87. The van der Waals surface area contributed by atoms with Gasteiger partial charge in [0, 0.05) is 43.4 Å². The second-order valence-corrected chi connectivity index (χ2v) is 8.20. The van der Waals surface area contributed by atoms with Gasteiger partial charge in [-0.1, -0.05) is 6.58 Å². The molecule has 0 radical (unpaired) electrons. The number of alkyl halides is 3. The van der Waals surface area contributed by atoms with Crippen LogP contribution in [0.2, 0.25) is 0 Å². The van der Waals surface area contributed by atoms with Gasteiger partial charge >= 0.3 is 6.18 Å². The smallest absolute Gasteiger partial charge is 0.384 e. The molecule has 1 atom stereocenters. The maximum Gasteiger partial charge on any atom is 0.418 e. The Balaban J connectivity index is 1.60. The molecule has 2 aliphatic rings. The van der Waals surface area contributed by atoms with E-state index in [1.165, 1.54) is 25.4 Å². The average molecular weight is 446 g/mol. The van der Waals surface area contributed by atoms with Crippen molar-refractivity contribution in [2.75, 3.05) is 36.8 Å². The summed E-state index contributed by atoms with van der Waals surface area (Å²) in [6, 6.07) is 1.26. The fourth-order valence-electron chi connectivity index (χ4n) is 4.69. The summed E-state index contributed by atoms with van der Waals surface area (Å²) >= 11 is 0. The van der Waals surface area contributed by atoms with Crippen molar-refractivity contribution in [3.8, 4) is 0 Å². The second kappa shape index (κ2) is 8.40. The van der Waals surface area contributed by atoms with Crippen LogP contribution in [0.5, 0.6) is 0 Å². The first-order chi connectivity index (χ1) is 15.2. The van der Waals surface area contributed by atoms with E-state index < -0.39 is 17.7 Å². The Hall–Kier alpha value is -3.17. The number of piperazine rings is 1. The number of halogens is 3. The molecule has 32 heavy (non-hydrogen) atoms. The maximum absolute atomic E-state index is 13.8. The summed E-state index contributed by atoms with van der Waals surface area (Å²) in [5.41, 5.74) is 6.88. The summed E-state index contributed by atoms with van der Waals surface area (Å²) in [6.07, 6.45) is -0.335. The van der Waals surface area contributed by atoms with Gasteiger partial charge in [0.15, 0.2) is 0 Å². The minimum absolute atomic E-state index is 0.00244. The molecule has 1 amide bonds. The van der Waals surface area contributed by atoms with Crippen LogP contribution >= 0.6 is 0 Å². The maximum atomic E-state index is 13.8. The molecule has 1 aliphatic heterocycles. The topological polar surface area (TPSA) is 88.2 Å². The van der Waals surface area contributed by atoms with Gasteiger partial charge in [0.25, 0.3) is 0 Å². The lowest BCUT2D eigenvalue weighted by atomic mass is 9.82. The van der Waals surface area contributed by atoms with E-state index in [1.54, 1.807) is 4.90 Å². The van der Waals surface area contributed by atoms with E-state index in [2.05, 4.69) is 26.4 Å². The van der Waals surface area contributed by atoms with Gasteiger partial charge in [-0.05, 0) is 43.9 Å². The zero-order valence-electron chi connectivity index (χ0n) is 17.8. The number of amides is 1. The molecule has 10 heteroatoms. The number of hydrogen-bond donors (Lipinski definition) is 1. The summed E-state index contributed by atoms with van der Waals surface area (Å²) in [5.74, 6) is 0.368. The minimum atomic E-state index is -4.50. The van der Waals surface area contributed by atoms with E-state index in [4.69, 9.17) is 5.73 Å². The van der Waals surface area contributed by atoms with Crippen molar-refractivity contribution in [3.63, 3.8) is 0 Å². The van der Waals surface area contributed by atoms with E-state index in [1.807, 2.05) is 0 Å². The van der Waals surface area contributed by atoms with Gasteiger partial charge < -0.3 is 15.5 Å². The Morgan fingerprint density at radius 2 is 1.97 bits per heavy atom. The quantitative estimate of drug-likeness (QED) is 0.730. The minimum Gasteiger partial charge on any atom is -0.384 e. The number of hydrogen-bond acceptors (Lipinski definition) is 6. The number of nitrogen functional groups attached to an aromatic ring is 1. The number of pyridine rings is 1. The van der Waals surface area contributed by atoms with Gasteiger partial charge in [0.1, 0.15) is 18.0 Å². The molecule has 3 heterocycles. The number of carbonyl (C=O) groups is 1. The molecule has 4 rings (SSSR count). The van der Waals surface area contributed by atoms with Crippen molar-refractivity contribution < 1.29 is 18.0 Å². The van der Waals surface area contributed by atoms with Gasteiger partial charge in [-0.3, -0.25) is 4.79 Å². The van der Waals surface area contributed by atoms with Gasteiger partial charge in [-0.2, -0.15) is 13.2 Å². The van der Waals surface area contributed by atoms with E-state index >= 15 is 0 Å². The first kappa shape index (κ1) is 22.0. The van der Waals surface area contributed by atoms with Gasteiger partial charge in [0.05, 0.1) is 11.3 Å². The lowest BCUT2D eigenvalue weighted by molar-refractivity contribution is -0.139. The van der Waals surface area contributed by atoms with Crippen molar-refractivity contribution in [1.82, 2.24) is 19.9 Å². The molecule has 2 aromatic heterocycles. The third kappa shape index (κ3) is 4.13. The molecule has 1 aliphatic carbocycles. The summed E-state index contributed by atoms with van der Waals surface area (Å²) in [7, 11) is 0. The highest BCUT2D eigenvalue weighted by Gasteiger charge is 2.39. The molecule has 2 aromatic rings. The number of nitrogens with zero attached hydrogens (tertiary/aromatic N) is 5. The Morgan fingerprint density at radius 1 is 1.25 bits per heavy atom. The van der Waals surface area contributed by atoms with Crippen molar-refractivity contribution in [2.45, 2.75) is 38.3 Å². The fraction of sp³-hybridized carbons (Fsp3) is 0.455. The second-order valence-electron chi connectivity index (χ2n) is 8.20. The van der Waals surface area contributed by atoms with E-state index in [9.17, 15) is 18.0 Å². The van der Waals surface area contributed by atoms with Crippen LogP contribution in [0, 0.1) is 6.92 Å². The molecule has 0 spiro atoms. The first-order valence-electron chi connectivity index (χ1n) is 10.5. The first-order valence-corrected chi connectivity index (χ1v) is 10.5. The fourth-order valence-corrected chi connectivity index (χ4v) is 4.69. The summed E-state index contributed by atoms with van der Waals surface area (Å²) < 4.78 is 41.3. The summed E-state index contributed by atoms with van der Waals surface area (Å²) in [4.78, 5) is 28.6. The SMILES string of the molecule is C=CC(=O)N1CCN(c2ncnc3c2CC[C@H](c2nc(N)cc(C)c2C(F)(F)F)C3)CC1. The molecule has 2 N–H and O–H groups in total. The number of rotatable bonds is 3. The van der Waals surface area contributed by atoms with Gasteiger partial charge in [-0.15, -0.1) is 0 Å². The van der Waals surface area contributed by atoms with Crippen molar-refractivity contribution in [2.24, 2.45) is 0 Å². The molecular weight excluding hydrogens is 421 g/mol. The van der Waals surface area contributed by atoms with Crippen LogP contribution in [-0.2, 0) is 23.8 Å². The number of carbonyl (C=O) groups excluding carboxylic acids is 1. The van der Waals surface area contributed by atoms with E-state index in [0.717, 1.165) is 17.1 Å². The summed E-state index contributed by atoms with van der Waals surface area (Å²) in [5, 5.41) is 0. The highest BCUT2D eigenvalue weighted by atomic mass is 19.4. The zero-order chi connectivity index (χ0) is 23.0. The van der Waals surface area contributed by atoms with E-state index in [-0.39, 0.29) is 23.0 Å². The lowest BCUT2D eigenvalue weighted by Gasteiger charge is -2.37. The molecule has 1 saturated heterocycles. The lowest BCUT2D eigenvalue weighted by Crippen LogP contribution is -2.49. The van der Waals surface area contributed by atoms with Crippen molar-refractivity contribution in [3.05, 3.63) is 53.1 Å². The Kier molecular flexibility index (Phi) is 5.79. The highest BCUT2D eigenvalue weighted by Crippen LogP contribution is 2.42. The Labute approximate surface area is 184 Å². The number of aromatic nitrogens is 3. The molecule has 170 valence electrons. The molecule has 7 nitrogen and oxygen atoms in total. The third-order valence-electron chi connectivity index (χ3n) is 6.19. The van der Waals surface area contributed by atoms with Crippen LogP contribution in [0.15, 0.2) is 25.0 Å². The standard InChI is InChI=1S/C22H25F3N6O/c1-3-18(32)30-6-8-31(9-7-30)21-15-5-4-14(11-16(15)27-12-28-21)20-19(22(23,24)25)13(2)10-17(26)29-20/h3,10,12,14H,1,4-9,11H2,2H3,(H2,26,29)/t14-/m0/s1. The normalized spacial score (nSPS) is 18.9. The number of fused-ring (bicyclic) bond motifs is 1. The molecule has 0 bridgehead atoms.